The second-order valence-corrected chi connectivity index (χ2v) is 6.95. The summed E-state index contributed by atoms with van der Waals surface area (Å²) in [5.74, 6) is 0.0723. The van der Waals surface area contributed by atoms with Crippen molar-refractivity contribution in [2.75, 3.05) is 11.9 Å². The average Bonchev–Trinajstić information content (AvgIpc) is 3.01. The Kier molecular flexibility index (Phi) is 6.43. The van der Waals surface area contributed by atoms with Crippen LogP contribution in [0, 0.1) is 5.92 Å². The second-order valence-electron chi connectivity index (χ2n) is 5.89. The van der Waals surface area contributed by atoms with E-state index in [0.717, 1.165) is 17.8 Å². The van der Waals surface area contributed by atoms with E-state index in [0.29, 0.717) is 28.7 Å². The second kappa shape index (κ2) is 8.54. The maximum absolute atomic E-state index is 12.2. The number of nitrogens with zero attached hydrogens (tertiary/aromatic N) is 2. The van der Waals surface area contributed by atoms with E-state index in [4.69, 9.17) is 0 Å². The molecule has 2 rings (SSSR count). The third-order valence-corrected chi connectivity index (χ3v) is 4.13. The van der Waals surface area contributed by atoms with Gasteiger partial charge >= 0.3 is 0 Å². The summed E-state index contributed by atoms with van der Waals surface area (Å²) in [6.07, 6.45) is 1.70. The molecule has 1 aromatic carbocycles. The first kappa shape index (κ1) is 18.1. The number of hydrogen-bond acceptors (Lipinski definition) is 5. The number of amides is 2. The van der Waals surface area contributed by atoms with Crippen LogP contribution < -0.4 is 10.6 Å². The van der Waals surface area contributed by atoms with E-state index in [1.165, 1.54) is 11.3 Å². The SMILES string of the molecule is CCCNC(=O)c1ccc(NC(=O)c2nnc(CC(C)C)s2)cc1. The Morgan fingerprint density at radius 3 is 2.46 bits per heavy atom. The first-order chi connectivity index (χ1) is 11.5. The van der Waals surface area contributed by atoms with Gasteiger partial charge in [0.15, 0.2) is 0 Å². The molecule has 0 spiro atoms. The number of nitrogens with one attached hydrogen (secondary N) is 2. The van der Waals surface area contributed by atoms with Crippen LogP contribution in [0.2, 0.25) is 0 Å². The topological polar surface area (TPSA) is 84.0 Å². The van der Waals surface area contributed by atoms with Gasteiger partial charge < -0.3 is 10.6 Å². The fourth-order valence-corrected chi connectivity index (χ4v) is 2.95. The van der Waals surface area contributed by atoms with Gasteiger partial charge in [-0.2, -0.15) is 0 Å². The van der Waals surface area contributed by atoms with Gasteiger partial charge in [-0.15, -0.1) is 10.2 Å². The van der Waals surface area contributed by atoms with Gasteiger partial charge in [-0.05, 0) is 36.6 Å². The fraction of sp³-hybridized carbons (Fsp3) is 0.412. The molecule has 7 heteroatoms. The van der Waals surface area contributed by atoms with Crippen molar-refractivity contribution in [3.8, 4) is 0 Å². The van der Waals surface area contributed by atoms with Gasteiger partial charge in [0.1, 0.15) is 5.01 Å². The van der Waals surface area contributed by atoms with Gasteiger partial charge in [-0.25, -0.2) is 0 Å². The molecule has 2 N–H and O–H groups in total. The lowest BCUT2D eigenvalue weighted by molar-refractivity contribution is 0.0953. The normalized spacial score (nSPS) is 10.7. The van der Waals surface area contributed by atoms with Gasteiger partial charge in [0.25, 0.3) is 11.8 Å². The molecule has 0 aliphatic carbocycles. The molecule has 128 valence electrons. The summed E-state index contributed by atoms with van der Waals surface area (Å²) in [6, 6.07) is 6.78. The number of rotatable bonds is 7. The number of hydrogen-bond donors (Lipinski definition) is 2. The minimum atomic E-state index is -0.286. The maximum atomic E-state index is 12.2. The summed E-state index contributed by atoms with van der Waals surface area (Å²) < 4.78 is 0. The van der Waals surface area contributed by atoms with Crippen LogP contribution in [0.1, 0.15) is 52.4 Å². The highest BCUT2D eigenvalue weighted by Crippen LogP contribution is 2.16. The molecule has 0 aliphatic heterocycles. The quantitative estimate of drug-likeness (QED) is 0.807. The molecule has 0 atom stereocenters. The highest BCUT2D eigenvalue weighted by Gasteiger charge is 2.14. The van der Waals surface area contributed by atoms with E-state index in [1.807, 2.05) is 6.92 Å². The summed E-state index contributed by atoms with van der Waals surface area (Å²) in [4.78, 5) is 24.0. The average molecular weight is 346 g/mol. The van der Waals surface area contributed by atoms with Crippen molar-refractivity contribution in [1.82, 2.24) is 15.5 Å². The zero-order chi connectivity index (χ0) is 17.5. The number of benzene rings is 1. The number of aromatic nitrogens is 2. The standard InChI is InChI=1S/C17H22N4O2S/c1-4-9-18-15(22)12-5-7-13(8-6-12)19-16(23)17-21-20-14(24-17)10-11(2)3/h5-8,11H,4,9-10H2,1-3H3,(H,18,22)(H,19,23). The van der Waals surface area contributed by atoms with E-state index in [9.17, 15) is 9.59 Å². The maximum Gasteiger partial charge on any atom is 0.286 e. The molecule has 0 fully saturated rings. The number of carbonyl (C=O) groups is 2. The first-order valence-electron chi connectivity index (χ1n) is 8.01. The van der Waals surface area contributed by atoms with Crippen LogP contribution in [-0.2, 0) is 6.42 Å². The van der Waals surface area contributed by atoms with Crippen LogP contribution in [-0.4, -0.2) is 28.6 Å². The Hall–Kier alpha value is -2.28. The molecular weight excluding hydrogens is 324 g/mol. The van der Waals surface area contributed by atoms with Crippen LogP contribution >= 0.6 is 11.3 Å². The smallest absolute Gasteiger partial charge is 0.286 e. The van der Waals surface area contributed by atoms with Gasteiger partial charge in [-0.3, -0.25) is 9.59 Å². The lowest BCUT2D eigenvalue weighted by Gasteiger charge is -2.06. The minimum absolute atomic E-state index is 0.114. The van der Waals surface area contributed by atoms with Crippen LogP contribution in [0.25, 0.3) is 0 Å². The predicted octanol–water partition coefficient (Wildman–Crippen LogP) is 3.13. The summed E-state index contributed by atoms with van der Waals surface area (Å²) in [6.45, 7) is 6.84. The van der Waals surface area contributed by atoms with Crippen molar-refractivity contribution >= 4 is 28.8 Å². The van der Waals surface area contributed by atoms with E-state index in [-0.39, 0.29) is 11.8 Å². The molecule has 2 aromatic rings. The van der Waals surface area contributed by atoms with Crippen LogP contribution in [0.15, 0.2) is 24.3 Å². The fourth-order valence-electron chi connectivity index (χ4n) is 2.01. The molecule has 1 heterocycles. The first-order valence-corrected chi connectivity index (χ1v) is 8.83. The van der Waals surface area contributed by atoms with E-state index >= 15 is 0 Å². The third kappa shape index (κ3) is 5.13. The summed E-state index contributed by atoms with van der Waals surface area (Å²) in [5, 5.41) is 14.8. The molecule has 1 aromatic heterocycles. The number of carbonyl (C=O) groups excluding carboxylic acids is 2. The molecule has 0 aliphatic rings. The van der Waals surface area contributed by atoms with Crippen LogP contribution in [0.5, 0.6) is 0 Å². The zero-order valence-electron chi connectivity index (χ0n) is 14.1. The Labute approximate surface area is 145 Å². The summed E-state index contributed by atoms with van der Waals surface area (Å²) >= 11 is 1.31. The molecule has 6 nitrogen and oxygen atoms in total. The van der Waals surface area contributed by atoms with Crippen molar-refractivity contribution in [1.29, 1.82) is 0 Å². The lowest BCUT2D eigenvalue weighted by atomic mass is 10.1. The molecule has 24 heavy (non-hydrogen) atoms. The largest absolute Gasteiger partial charge is 0.352 e. The van der Waals surface area contributed by atoms with Crippen molar-refractivity contribution in [2.45, 2.75) is 33.6 Å². The Morgan fingerprint density at radius 1 is 1.12 bits per heavy atom. The monoisotopic (exact) mass is 346 g/mol. The lowest BCUT2D eigenvalue weighted by Crippen LogP contribution is -2.23. The Bertz CT molecular complexity index is 695. The molecule has 0 unspecified atom stereocenters. The van der Waals surface area contributed by atoms with Gasteiger partial charge in [0.05, 0.1) is 0 Å². The van der Waals surface area contributed by atoms with E-state index in [1.54, 1.807) is 24.3 Å². The van der Waals surface area contributed by atoms with Gasteiger partial charge in [-0.1, -0.05) is 32.1 Å². The van der Waals surface area contributed by atoms with Gasteiger partial charge in [0.2, 0.25) is 5.01 Å². The van der Waals surface area contributed by atoms with E-state index < -0.39 is 0 Å². The molecule has 0 saturated heterocycles. The molecular formula is C17H22N4O2S. The van der Waals surface area contributed by atoms with Crippen molar-refractivity contribution in [3.05, 3.63) is 39.8 Å². The molecule has 0 saturated carbocycles. The number of anilines is 1. The third-order valence-electron chi connectivity index (χ3n) is 3.18. The molecule has 0 bridgehead atoms. The molecule has 2 amide bonds. The highest BCUT2D eigenvalue weighted by atomic mass is 32.1. The van der Waals surface area contributed by atoms with Crippen molar-refractivity contribution in [2.24, 2.45) is 5.92 Å². The van der Waals surface area contributed by atoms with Crippen LogP contribution in [0.4, 0.5) is 5.69 Å². The van der Waals surface area contributed by atoms with Crippen LogP contribution in [0.3, 0.4) is 0 Å². The highest BCUT2D eigenvalue weighted by molar-refractivity contribution is 7.13. The Balaban J connectivity index is 1.96. The van der Waals surface area contributed by atoms with Gasteiger partial charge in [0, 0.05) is 24.2 Å². The minimum Gasteiger partial charge on any atom is -0.352 e. The van der Waals surface area contributed by atoms with Crippen molar-refractivity contribution < 1.29 is 9.59 Å². The van der Waals surface area contributed by atoms with Crippen molar-refractivity contribution in [3.63, 3.8) is 0 Å². The van der Waals surface area contributed by atoms with E-state index in [2.05, 4.69) is 34.7 Å². The Morgan fingerprint density at radius 2 is 1.83 bits per heavy atom. The zero-order valence-corrected chi connectivity index (χ0v) is 14.9. The molecule has 0 radical (unpaired) electrons. The summed E-state index contributed by atoms with van der Waals surface area (Å²) in [5.41, 5.74) is 1.18. The summed E-state index contributed by atoms with van der Waals surface area (Å²) in [7, 11) is 0. The predicted molar refractivity (Wildman–Crippen MR) is 95.5 cm³/mol.